The lowest BCUT2D eigenvalue weighted by Gasteiger charge is -2.11. The number of sulfonamides is 1. The van der Waals surface area contributed by atoms with Crippen molar-refractivity contribution in [1.29, 1.82) is 0 Å². The molecule has 6 nitrogen and oxygen atoms in total. The SMILES string of the molecule is COc1ccc(Cl)cc1S(=O)(=O)NOCCCc1ccco1. The van der Waals surface area contributed by atoms with Crippen LogP contribution in [0.25, 0.3) is 0 Å². The Bertz CT molecular complexity index is 700. The maximum absolute atomic E-state index is 12.2. The molecule has 0 saturated heterocycles. The van der Waals surface area contributed by atoms with E-state index in [0.717, 1.165) is 5.76 Å². The molecule has 0 aliphatic heterocycles. The van der Waals surface area contributed by atoms with E-state index in [0.29, 0.717) is 17.9 Å². The van der Waals surface area contributed by atoms with Crippen LogP contribution in [-0.2, 0) is 21.3 Å². The predicted octanol–water partition coefficient (Wildman–Crippen LogP) is 2.78. The predicted molar refractivity (Wildman–Crippen MR) is 81.3 cm³/mol. The Morgan fingerprint density at radius 2 is 2.14 bits per heavy atom. The van der Waals surface area contributed by atoms with Crippen LogP contribution in [0.15, 0.2) is 45.9 Å². The van der Waals surface area contributed by atoms with E-state index in [9.17, 15) is 8.42 Å². The number of ether oxygens (including phenoxy) is 1. The number of benzene rings is 1. The molecule has 0 radical (unpaired) electrons. The van der Waals surface area contributed by atoms with Crippen LogP contribution in [0.1, 0.15) is 12.2 Å². The fraction of sp³-hybridized carbons (Fsp3) is 0.286. The lowest BCUT2D eigenvalue weighted by Crippen LogP contribution is -2.25. The van der Waals surface area contributed by atoms with Crippen LogP contribution in [0.4, 0.5) is 0 Å². The van der Waals surface area contributed by atoms with Crippen molar-refractivity contribution in [3.8, 4) is 5.75 Å². The van der Waals surface area contributed by atoms with Crippen LogP contribution in [0.2, 0.25) is 5.02 Å². The van der Waals surface area contributed by atoms with Crippen LogP contribution < -0.4 is 9.62 Å². The van der Waals surface area contributed by atoms with Crippen molar-refractivity contribution in [1.82, 2.24) is 4.89 Å². The summed E-state index contributed by atoms with van der Waals surface area (Å²) in [5.74, 6) is 1.01. The summed E-state index contributed by atoms with van der Waals surface area (Å²) >= 11 is 5.82. The molecule has 0 unspecified atom stereocenters. The molecule has 1 aromatic carbocycles. The monoisotopic (exact) mass is 345 g/mol. The second kappa shape index (κ2) is 7.64. The summed E-state index contributed by atoms with van der Waals surface area (Å²) in [4.78, 5) is 7.00. The average Bonchev–Trinajstić information content (AvgIpc) is 3.00. The molecule has 1 N–H and O–H groups in total. The maximum Gasteiger partial charge on any atom is 0.266 e. The first-order chi connectivity index (χ1) is 10.5. The molecule has 0 fully saturated rings. The van der Waals surface area contributed by atoms with Crippen LogP contribution in [0.5, 0.6) is 5.75 Å². The van der Waals surface area contributed by atoms with Gasteiger partial charge in [-0.2, -0.15) is 0 Å². The number of nitrogens with one attached hydrogen (secondary N) is 1. The molecular weight excluding hydrogens is 330 g/mol. The van der Waals surface area contributed by atoms with Crippen molar-refractivity contribution in [2.45, 2.75) is 17.7 Å². The first kappa shape index (κ1) is 16.8. The van der Waals surface area contributed by atoms with E-state index in [2.05, 4.69) is 4.89 Å². The molecule has 0 amide bonds. The van der Waals surface area contributed by atoms with E-state index in [4.69, 9.17) is 25.6 Å². The van der Waals surface area contributed by atoms with E-state index in [-0.39, 0.29) is 17.3 Å². The first-order valence-electron chi connectivity index (χ1n) is 6.52. The summed E-state index contributed by atoms with van der Waals surface area (Å²) < 4.78 is 34.5. The summed E-state index contributed by atoms with van der Waals surface area (Å²) in [6.45, 7) is 0.211. The first-order valence-corrected chi connectivity index (χ1v) is 8.38. The van der Waals surface area contributed by atoms with E-state index in [1.165, 1.54) is 19.2 Å². The van der Waals surface area contributed by atoms with Crippen molar-refractivity contribution in [2.75, 3.05) is 13.7 Å². The van der Waals surface area contributed by atoms with Gasteiger partial charge in [0.15, 0.2) is 0 Å². The number of rotatable bonds is 8. The molecule has 0 aliphatic rings. The van der Waals surface area contributed by atoms with Gasteiger partial charge in [-0.1, -0.05) is 16.5 Å². The van der Waals surface area contributed by atoms with Crippen molar-refractivity contribution in [3.63, 3.8) is 0 Å². The van der Waals surface area contributed by atoms with Gasteiger partial charge in [-0.25, -0.2) is 8.42 Å². The Morgan fingerprint density at radius 1 is 1.32 bits per heavy atom. The second-order valence-corrected chi connectivity index (χ2v) is 6.46. The quantitative estimate of drug-likeness (QED) is 0.588. The summed E-state index contributed by atoms with van der Waals surface area (Å²) in [6.07, 6.45) is 2.86. The highest BCUT2D eigenvalue weighted by atomic mass is 35.5. The van der Waals surface area contributed by atoms with Gasteiger partial charge in [-0.3, -0.25) is 4.84 Å². The molecule has 8 heteroatoms. The zero-order valence-corrected chi connectivity index (χ0v) is 13.5. The van der Waals surface area contributed by atoms with Crippen molar-refractivity contribution >= 4 is 21.6 Å². The van der Waals surface area contributed by atoms with Gasteiger partial charge in [-0.15, -0.1) is 0 Å². The van der Waals surface area contributed by atoms with E-state index >= 15 is 0 Å². The number of halogens is 1. The zero-order valence-electron chi connectivity index (χ0n) is 11.9. The molecule has 2 aromatic rings. The van der Waals surface area contributed by atoms with Crippen molar-refractivity contribution in [3.05, 3.63) is 47.4 Å². The molecule has 1 aromatic heterocycles. The smallest absolute Gasteiger partial charge is 0.266 e. The highest BCUT2D eigenvalue weighted by Crippen LogP contribution is 2.26. The standard InChI is InChI=1S/C14H16ClNO5S/c1-19-13-7-6-11(15)10-14(13)22(17,18)16-21-9-3-5-12-4-2-8-20-12/h2,4,6-8,10,16H,3,5,9H2,1H3. The molecule has 0 spiro atoms. The minimum Gasteiger partial charge on any atom is -0.495 e. The van der Waals surface area contributed by atoms with Gasteiger partial charge in [0, 0.05) is 11.4 Å². The van der Waals surface area contributed by atoms with E-state index in [1.807, 2.05) is 6.07 Å². The van der Waals surface area contributed by atoms with Gasteiger partial charge in [-0.05, 0) is 36.8 Å². The second-order valence-electron chi connectivity index (χ2n) is 4.41. The number of aryl methyl sites for hydroxylation is 1. The Kier molecular flexibility index (Phi) is 5.84. The van der Waals surface area contributed by atoms with Gasteiger partial charge in [0.05, 0.1) is 20.0 Å². The average molecular weight is 346 g/mol. The summed E-state index contributed by atoms with van der Waals surface area (Å²) in [7, 11) is -2.48. The molecule has 0 bridgehead atoms. The number of methoxy groups -OCH3 is 1. The van der Waals surface area contributed by atoms with Crippen LogP contribution >= 0.6 is 11.6 Å². The lowest BCUT2D eigenvalue weighted by atomic mass is 10.3. The summed E-state index contributed by atoms with van der Waals surface area (Å²) in [5.41, 5.74) is 0. The van der Waals surface area contributed by atoms with Crippen LogP contribution in [0, 0.1) is 0 Å². The number of furan rings is 1. The Labute approximate surface area is 134 Å². The molecule has 0 atom stereocenters. The largest absolute Gasteiger partial charge is 0.495 e. The highest BCUT2D eigenvalue weighted by molar-refractivity contribution is 7.89. The Hall–Kier alpha value is -1.54. The Balaban J connectivity index is 1.89. The van der Waals surface area contributed by atoms with Crippen molar-refractivity contribution < 1.29 is 22.4 Å². The third-order valence-electron chi connectivity index (χ3n) is 2.83. The molecule has 120 valence electrons. The maximum atomic E-state index is 12.2. The Morgan fingerprint density at radius 3 is 2.82 bits per heavy atom. The minimum atomic E-state index is -3.86. The zero-order chi connectivity index (χ0) is 16.0. The molecule has 0 saturated carbocycles. The van der Waals surface area contributed by atoms with Gasteiger partial charge >= 0.3 is 0 Å². The van der Waals surface area contributed by atoms with E-state index < -0.39 is 10.0 Å². The molecule has 0 aliphatic carbocycles. The highest BCUT2D eigenvalue weighted by Gasteiger charge is 2.20. The topological polar surface area (TPSA) is 77.8 Å². The van der Waals surface area contributed by atoms with Gasteiger partial charge in [0.1, 0.15) is 16.4 Å². The third-order valence-corrected chi connectivity index (χ3v) is 4.30. The number of hydrogen-bond donors (Lipinski definition) is 1. The van der Waals surface area contributed by atoms with Gasteiger partial charge in [0.2, 0.25) is 0 Å². The molecule has 1 heterocycles. The van der Waals surface area contributed by atoms with Gasteiger partial charge in [0.25, 0.3) is 10.0 Å². The fourth-order valence-electron chi connectivity index (χ4n) is 1.80. The molecule has 22 heavy (non-hydrogen) atoms. The lowest BCUT2D eigenvalue weighted by molar-refractivity contribution is 0.0904. The molecular formula is C14H16ClNO5S. The summed E-state index contributed by atoms with van der Waals surface area (Å²) in [6, 6.07) is 7.97. The molecule has 2 rings (SSSR count). The van der Waals surface area contributed by atoms with Gasteiger partial charge < -0.3 is 9.15 Å². The number of hydrogen-bond acceptors (Lipinski definition) is 5. The normalized spacial score (nSPS) is 11.5. The van der Waals surface area contributed by atoms with Crippen LogP contribution in [0.3, 0.4) is 0 Å². The fourth-order valence-corrected chi connectivity index (χ4v) is 3.06. The third kappa shape index (κ3) is 4.48. The summed E-state index contributed by atoms with van der Waals surface area (Å²) in [5, 5.41) is 0.291. The van der Waals surface area contributed by atoms with Crippen LogP contribution in [-0.4, -0.2) is 22.1 Å². The minimum absolute atomic E-state index is 0.0754. The van der Waals surface area contributed by atoms with Crippen molar-refractivity contribution in [2.24, 2.45) is 0 Å². The van der Waals surface area contributed by atoms with E-state index in [1.54, 1.807) is 18.4 Å².